The van der Waals surface area contributed by atoms with Gasteiger partial charge in [0.05, 0.1) is 0 Å². The van der Waals surface area contributed by atoms with Gasteiger partial charge in [0.25, 0.3) is 0 Å². The number of hydrogen-bond donors (Lipinski definition) is 0. The Morgan fingerprint density at radius 1 is 0.647 bits per heavy atom. The van der Waals surface area contributed by atoms with Crippen molar-refractivity contribution in [2.45, 2.75) is 0 Å². The summed E-state index contributed by atoms with van der Waals surface area (Å²) in [6.45, 7) is 0. The standard InChI is InChI=1S/Cl10HN3P4/c1-14(2,3)11-16(7,8)13-17(9,10)12-15(4,5)6/h14H. The van der Waals surface area contributed by atoms with E-state index in [0.717, 1.165) is 0 Å². The van der Waals surface area contributed by atoms with Gasteiger partial charge in [0.15, 0.2) is 0 Å². The van der Waals surface area contributed by atoms with E-state index in [1.165, 1.54) is 0 Å². The summed E-state index contributed by atoms with van der Waals surface area (Å²) in [5.41, 5.74) is -3.45. The second-order valence-corrected chi connectivity index (χ2v) is 27.2. The topological polar surface area (TPSA) is 37.1 Å². The molecule has 0 aliphatic heterocycles. The van der Waals surface area contributed by atoms with E-state index in [9.17, 15) is 0 Å². The molecule has 0 aliphatic rings. The molecule has 0 spiro atoms. The third-order valence-corrected chi connectivity index (χ3v) is 14.8. The van der Waals surface area contributed by atoms with E-state index < -0.39 is 22.4 Å². The summed E-state index contributed by atoms with van der Waals surface area (Å²) in [5, 5.41) is -3.17. The van der Waals surface area contributed by atoms with Crippen molar-refractivity contribution < 1.29 is 0 Å². The van der Waals surface area contributed by atoms with Crippen LogP contribution in [0.1, 0.15) is 0 Å². The van der Waals surface area contributed by atoms with E-state index in [1.54, 1.807) is 0 Å². The van der Waals surface area contributed by atoms with Crippen LogP contribution in [0.2, 0.25) is 0 Å². The van der Waals surface area contributed by atoms with Crippen LogP contribution >= 0.6 is 135 Å². The number of nitrogens with zero attached hydrogens (tertiary/aromatic N) is 3. The summed E-state index contributed by atoms with van der Waals surface area (Å²) in [5.74, 6) is -6.76. The zero-order chi connectivity index (χ0) is 14.1. The van der Waals surface area contributed by atoms with E-state index in [4.69, 9.17) is 112 Å². The number of rotatable bonds is 3. The SMILES string of the molecule is ClP(Cl)(Cl)=NP(Cl)(Cl)=NP(Cl)(Cl)=N[PH](Cl)(Cl)Cl. The van der Waals surface area contributed by atoms with Gasteiger partial charge in [0.1, 0.15) is 0 Å². The molecule has 17 heavy (non-hydrogen) atoms. The monoisotopic (exact) mass is 517 g/mol. The van der Waals surface area contributed by atoms with Gasteiger partial charge in [-0.05, 0) is 0 Å². The quantitative estimate of drug-likeness (QED) is 0.331. The van der Waals surface area contributed by atoms with Crippen LogP contribution in [-0.2, 0) is 0 Å². The minimum absolute atomic E-state index is 3.17. The van der Waals surface area contributed by atoms with Crippen LogP contribution < -0.4 is 0 Å². The van der Waals surface area contributed by atoms with Gasteiger partial charge >= 0.3 is 148 Å². The summed E-state index contributed by atoms with van der Waals surface area (Å²) in [6.07, 6.45) is 0. The molecule has 0 aromatic heterocycles. The Bertz CT molecular complexity index is 417. The molecule has 0 heterocycles. The molecule has 17 heteroatoms. The Hall–Kier alpha value is 4.02. The van der Waals surface area contributed by atoms with E-state index in [0.29, 0.717) is 0 Å². The van der Waals surface area contributed by atoms with Crippen LogP contribution in [0.4, 0.5) is 0 Å². The first-order chi connectivity index (χ1) is 7.12. The van der Waals surface area contributed by atoms with Crippen molar-refractivity contribution in [2.24, 2.45) is 13.5 Å². The van der Waals surface area contributed by atoms with Crippen molar-refractivity contribution in [3.05, 3.63) is 0 Å². The van der Waals surface area contributed by atoms with Crippen molar-refractivity contribution in [3.8, 4) is 0 Å². The maximum absolute atomic E-state index is 5.74. The predicted octanol–water partition coefficient (Wildman–Crippen LogP) is 10.6. The molecule has 0 aromatic rings. The Morgan fingerprint density at radius 2 is 1.06 bits per heavy atom. The fourth-order valence-electron chi connectivity index (χ4n) is 0.426. The average Bonchev–Trinajstić information content (AvgIpc) is 1.65. The molecule has 0 saturated heterocycles. The predicted molar refractivity (Wildman–Crippen MR) is 94.9 cm³/mol. The molecule has 0 atom stereocenters. The van der Waals surface area contributed by atoms with Crippen LogP contribution in [0.5, 0.6) is 0 Å². The van der Waals surface area contributed by atoms with Crippen molar-refractivity contribution in [1.29, 1.82) is 0 Å². The first-order valence-corrected chi connectivity index (χ1v) is 19.4. The van der Waals surface area contributed by atoms with Crippen LogP contribution in [0.25, 0.3) is 0 Å². The van der Waals surface area contributed by atoms with Gasteiger partial charge in [-0.15, -0.1) is 0 Å². The Balaban J connectivity index is 5.66. The van der Waals surface area contributed by atoms with Crippen LogP contribution in [0.3, 0.4) is 0 Å². The van der Waals surface area contributed by atoms with Gasteiger partial charge in [0, 0.05) is 0 Å². The fourth-order valence-corrected chi connectivity index (χ4v) is 22.7. The first-order valence-electron chi connectivity index (χ1n) is 2.97. The van der Waals surface area contributed by atoms with Crippen LogP contribution in [-0.4, -0.2) is 0 Å². The van der Waals surface area contributed by atoms with Crippen LogP contribution in [0.15, 0.2) is 13.5 Å². The number of hydrogen-bond acceptors (Lipinski definition) is 1. The Morgan fingerprint density at radius 3 is 1.35 bits per heavy atom. The van der Waals surface area contributed by atoms with Gasteiger partial charge in [-0.3, -0.25) is 0 Å². The molecule has 3 nitrogen and oxygen atoms in total. The van der Waals surface area contributed by atoms with Crippen LogP contribution in [0, 0.1) is 0 Å². The summed E-state index contributed by atoms with van der Waals surface area (Å²) in [7, 11) is 0. The maximum atomic E-state index is 5.74. The molecule has 0 bridgehead atoms. The average molecular weight is 521 g/mol. The molecule has 0 radical (unpaired) electrons. The molecule has 0 saturated carbocycles. The summed E-state index contributed by atoms with van der Waals surface area (Å²) in [4.78, 5) is 0. The van der Waals surface area contributed by atoms with Crippen molar-refractivity contribution in [1.82, 2.24) is 0 Å². The normalized spacial score (nSPS) is 15.4. The second kappa shape index (κ2) is 7.53. The summed E-state index contributed by atoms with van der Waals surface area (Å²) < 4.78 is 10.7. The van der Waals surface area contributed by atoms with Gasteiger partial charge in [0.2, 0.25) is 0 Å². The van der Waals surface area contributed by atoms with E-state index in [-0.39, 0.29) is 0 Å². The van der Waals surface area contributed by atoms with Crippen molar-refractivity contribution >= 4 is 135 Å². The van der Waals surface area contributed by atoms with Crippen molar-refractivity contribution in [3.63, 3.8) is 0 Å². The minimum atomic E-state index is -3.45. The van der Waals surface area contributed by atoms with E-state index in [1.807, 2.05) is 0 Å². The van der Waals surface area contributed by atoms with Crippen molar-refractivity contribution in [2.75, 3.05) is 0 Å². The van der Waals surface area contributed by atoms with E-state index in [2.05, 4.69) is 13.5 Å². The number of halogens is 10. The van der Waals surface area contributed by atoms with Gasteiger partial charge in [-0.25, -0.2) is 0 Å². The molecule has 0 fully saturated rings. The molecule has 0 amide bonds. The molecule has 0 rings (SSSR count). The zero-order valence-electron chi connectivity index (χ0n) is 6.96. The Kier molecular flexibility index (Phi) is 9.31. The molecule has 0 aliphatic carbocycles. The molecule has 0 unspecified atom stereocenters. The molecular weight excluding hydrogens is 520 g/mol. The first kappa shape index (κ1) is 21.0. The summed E-state index contributed by atoms with van der Waals surface area (Å²) >= 11 is 55.9. The zero-order valence-corrected chi connectivity index (χ0v) is 18.2. The molecular formula is HCl10N3P4. The molecule has 0 N–H and O–H groups in total. The Labute approximate surface area is 147 Å². The third-order valence-electron chi connectivity index (χ3n) is 0.658. The van der Waals surface area contributed by atoms with E-state index >= 15 is 0 Å². The second-order valence-electron chi connectivity index (χ2n) is 2.08. The third kappa shape index (κ3) is 13.4. The van der Waals surface area contributed by atoms with Gasteiger partial charge in [-0.1, -0.05) is 0 Å². The van der Waals surface area contributed by atoms with Gasteiger partial charge < -0.3 is 0 Å². The molecule has 0 aromatic carbocycles. The van der Waals surface area contributed by atoms with Gasteiger partial charge in [-0.2, -0.15) is 0 Å². The molecule has 106 valence electrons. The summed E-state index contributed by atoms with van der Waals surface area (Å²) in [6, 6.07) is 0. The fraction of sp³-hybridized carbons (Fsp3) is 0.